The van der Waals surface area contributed by atoms with Crippen molar-refractivity contribution in [2.45, 2.75) is 26.4 Å². The first kappa shape index (κ1) is 19.4. The Balaban J connectivity index is 2.14. The standard InChI is InChI=1S/C18H23FN2O3S/c1-4-21(13-15-8-6-5-7-9-15)25(22,23)20-14(2)16-10-11-18(24-3)17(19)12-16/h5-12,14,20H,4,13H2,1-3H3/t14-/m1/s1. The van der Waals surface area contributed by atoms with Gasteiger partial charge in [0, 0.05) is 19.1 Å². The largest absolute Gasteiger partial charge is 0.494 e. The fourth-order valence-electron chi connectivity index (χ4n) is 2.47. The number of ether oxygens (including phenoxy) is 1. The summed E-state index contributed by atoms with van der Waals surface area (Å²) in [5.74, 6) is -0.402. The van der Waals surface area contributed by atoms with E-state index in [-0.39, 0.29) is 12.3 Å². The van der Waals surface area contributed by atoms with Gasteiger partial charge in [0.2, 0.25) is 0 Å². The van der Waals surface area contributed by atoms with Gasteiger partial charge < -0.3 is 4.74 Å². The maximum Gasteiger partial charge on any atom is 0.280 e. The first-order valence-electron chi connectivity index (χ1n) is 8.02. The highest BCUT2D eigenvalue weighted by Gasteiger charge is 2.23. The zero-order valence-corrected chi connectivity index (χ0v) is 15.4. The van der Waals surface area contributed by atoms with E-state index in [1.807, 2.05) is 30.3 Å². The molecular weight excluding hydrogens is 343 g/mol. The van der Waals surface area contributed by atoms with Crippen molar-refractivity contribution in [3.05, 3.63) is 65.5 Å². The van der Waals surface area contributed by atoms with Gasteiger partial charge in [0.25, 0.3) is 10.2 Å². The molecule has 7 heteroatoms. The van der Waals surface area contributed by atoms with Crippen LogP contribution in [0.5, 0.6) is 5.75 Å². The Hall–Kier alpha value is -1.96. The minimum atomic E-state index is -3.72. The highest BCUT2D eigenvalue weighted by molar-refractivity contribution is 7.87. The molecule has 0 radical (unpaired) electrons. The van der Waals surface area contributed by atoms with Crippen molar-refractivity contribution in [3.63, 3.8) is 0 Å². The summed E-state index contributed by atoms with van der Waals surface area (Å²) >= 11 is 0. The summed E-state index contributed by atoms with van der Waals surface area (Å²) in [6.45, 7) is 4.05. The average molecular weight is 366 g/mol. The van der Waals surface area contributed by atoms with E-state index in [9.17, 15) is 12.8 Å². The maximum absolute atomic E-state index is 13.8. The summed E-state index contributed by atoms with van der Waals surface area (Å²) in [7, 11) is -2.34. The topological polar surface area (TPSA) is 58.6 Å². The molecule has 1 atom stereocenters. The summed E-state index contributed by atoms with van der Waals surface area (Å²) < 4.78 is 48.0. The highest BCUT2D eigenvalue weighted by Crippen LogP contribution is 2.22. The van der Waals surface area contributed by atoms with Crippen LogP contribution in [0.2, 0.25) is 0 Å². The third-order valence-electron chi connectivity index (χ3n) is 3.90. The van der Waals surface area contributed by atoms with Crippen molar-refractivity contribution < 1.29 is 17.5 Å². The van der Waals surface area contributed by atoms with Crippen LogP contribution in [0.1, 0.15) is 31.0 Å². The third-order valence-corrected chi connectivity index (χ3v) is 5.61. The van der Waals surface area contributed by atoms with Gasteiger partial charge in [-0.15, -0.1) is 0 Å². The summed E-state index contributed by atoms with van der Waals surface area (Å²) in [6, 6.07) is 13.2. The summed E-state index contributed by atoms with van der Waals surface area (Å²) in [5, 5.41) is 0. The molecule has 0 spiro atoms. The monoisotopic (exact) mass is 366 g/mol. The molecule has 0 saturated carbocycles. The van der Waals surface area contributed by atoms with Crippen LogP contribution in [0.3, 0.4) is 0 Å². The normalized spacial score (nSPS) is 13.0. The molecule has 2 aromatic carbocycles. The fraction of sp³-hybridized carbons (Fsp3) is 0.333. The van der Waals surface area contributed by atoms with Gasteiger partial charge in [-0.3, -0.25) is 0 Å². The molecule has 136 valence electrons. The fourth-order valence-corrected chi connectivity index (χ4v) is 3.86. The number of nitrogens with zero attached hydrogens (tertiary/aromatic N) is 1. The van der Waals surface area contributed by atoms with Crippen molar-refractivity contribution >= 4 is 10.2 Å². The Morgan fingerprint density at radius 3 is 2.44 bits per heavy atom. The molecule has 0 unspecified atom stereocenters. The lowest BCUT2D eigenvalue weighted by Crippen LogP contribution is -2.41. The molecule has 0 aromatic heterocycles. The van der Waals surface area contributed by atoms with Gasteiger partial charge in [-0.1, -0.05) is 43.3 Å². The average Bonchev–Trinajstić information content (AvgIpc) is 2.59. The molecule has 0 aliphatic rings. The molecule has 0 amide bonds. The lowest BCUT2D eigenvalue weighted by molar-refractivity contribution is 0.385. The number of hydrogen-bond acceptors (Lipinski definition) is 3. The summed E-state index contributed by atoms with van der Waals surface area (Å²) in [5.41, 5.74) is 1.43. The molecule has 0 bridgehead atoms. The molecular formula is C18H23FN2O3S. The predicted molar refractivity (Wildman–Crippen MR) is 95.9 cm³/mol. The first-order valence-corrected chi connectivity index (χ1v) is 9.46. The first-order chi connectivity index (χ1) is 11.9. The van der Waals surface area contributed by atoms with E-state index >= 15 is 0 Å². The van der Waals surface area contributed by atoms with Crippen LogP contribution in [-0.2, 0) is 16.8 Å². The second-order valence-electron chi connectivity index (χ2n) is 5.65. The minimum absolute atomic E-state index is 0.123. The molecule has 0 saturated heterocycles. The maximum atomic E-state index is 13.8. The molecule has 25 heavy (non-hydrogen) atoms. The van der Waals surface area contributed by atoms with Crippen LogP contribution in [0, 0.1) is 5.82 Å². The van der Waals surface area contributed by atoms with E-state index in [4.69, 9.17) is 4.74 Å². The van der Waals surface area contributed by atoms with E-state index in [1.54, 1.807) is 19.9 Å². The molecule has 5 nitrogen and oxygen atoms in total. The van der Waals surface area contributed by atoms with Crippen LogP contribution >= 0.6 is 0 Å². The van der Waals surface area contributed by atoms with Crippen LogP contribution in [0.15, 0.2) is 48.5 Å². The Kier molecular flexibility index (Phi) is 6.52. The van der Waals surface area contributed by atoms with Crippen molar-refractivity contribution in [1.82, 2.24) is 9.03 Å². The van der Waals surface area contributed by atoms with Gasteiger partial charge in [-0.2, -0.15) is 17.4 Å². The van der Waals surface area contributed by atoms with Gasteiger partial charge in [0.15, 0.2) is 11.6 Å². The second-order valence-corrected chi connectivity index (χ2v) is 7.35. The smallest absolute Gasteiger partial charge is 0.280 e. The number of halogens is 1. The van der Waals surface area contributed by atoms with Gasteiger partial charge in [0.1, 0.15) is 0 Å². The van der Waals surface area contributed by atoms with Crippen molar-refractivity contribution in [2.75, 3.05) is 13.7 Å². The van der Waals surface area contributed by atoms with Crippen molar-refractivity contribution in [3.8, 4) is 5.75 Å². The summed E-state index contributed by atoms with van der Waals surface area (Å²) in [6.07, 6.45) is 0. The van der Waals surface area contributed by atoms with E-state index in [2.05, 4.69) is 4.72 Å². The van der Waals surface area contributed by atoms with E-state index < -0.39 is 22.1 Å². The molecule has 2 rings (SSSR count). The lowest BCUT2D eigenvalue weighted by atomic mass is 10.1. The van der Waals surface area contributed by atoms with Crippen LogP contribution in [0.25, 0.3) is 0 Å². The number of rotatable bonds is 8. The molecule has 1 N–H and O–H groups in total. The van der Waals surface area contributed by atoms with E-state index in [1.165, 1.54) is 23.5 Å². The predicted octanol–water partition coefficient (Wildman–Crippen LogP) is 3.25. The van der Waals surface area contributed by atoms with Gasteiger partial charge in [-0.05, 0) is 30.2 Å². The quantitative estimate of drug-likeness (QED) is 0.780. The number of nitrogens with one attached hydrogen (secondary N) is 1. The molecule has 0 aliphatic heterocycles. The molecule has 0 fully saturated rings. The zero-order chi connectivity index (χ0) is 18.4. The van der Waals surface area contributed by atoms with Crippen molar-refractivity contribution in [2.24, 2.45) is 0 Å². The Labute approximate surface area is 148 Å². The van der Waals surface area contributed by atoms with E-state index in [0.717, 1.165) is 5.56 Å². The zero-order valence-electron chi connectivity index (χ0n) is 14.6. The van der Waals surface area contributed by atoms with Gasteiger partial charge in [-0.25, -0.2) is 4.39 Å². The Morgan fingerprint density at radius 1 is 1.20 bits per heavy atom. The molecule has 2 aromatic rings. The Morgan fingerprint density at radius 2 is 1.88 bits per heavy atom. The third kappa shape index (κ3) is 5.01. The highest BCUT2D eigenvalue weighted by atomic mass is 32.2. The van der Waals surface area contributed by atoms with Crippen LogP contribution < -0.4 is 9.46 Å². The van der Waals surface area contributed by atoms with Gasteiger partial charge in [0.05, 0.1) is 7.11 Å². The molecule has 0 heterocycles. The second kappa shape index (κ2) is 8.42. The number of hydrogen-bond donors (Lipinski definition) is 1. The number of methoxy groups -OCH3 is 1. The number of benzene rings is 2. The van der Waals surface area contributed by atoms with Crippen LogP contribution in [-0.4, -0.2) is 26.4 Å². The SMILES string of the molecule is CCN(Cc1ccccc1)S(=O)(=O)N[C@H](C)c1ccc(OC)c(F)c1. The van der Waals surface area contributed by atoms with Crippen LogP contribution in [0.4, 0.5) is 4.39 Å². The minimum Gasteiger partial charge on any atom is -0.494 e. The lowest BCUT2D eigenvalue weighted by Gasteiger charge is -2.24. The van der Waals surface area contributed by atoms with Crippen molar-refractivity contribution in [1.29, 1.82) is 0 Å². The Bertz CT molecular complexity index is 797. The van der Waals surface area contributed by atoms with Gasteiger partial charge >= 0.3 is 0 Å². The summed E-state index contributed by atoms with van der Waals surface area (Å²) in [4.78, 5) is 0. The molecule has 0 aliphatic carbocycles. The van der Waals surface area contributed by atoms with E-state index in [0.29, 0.717) is 12.1 Å².